The third kappa shape index (κ3) is 4.01. The van der Waals surface area contributed by atoms with E-state index < -0.39 is 17.6 Å². The number of amides is 3. The van der Waals surface area contributed by atoms with Crippen molar-refractivity contribution in [1.29, 1.82) is 0 Å². The Morgan fingerprint density at radius 3 is 2.77 bits per heavy atom. The van der Waals surface area contributed by atoms with Gasteiger partial charge in [-0.25, -0.2) is 9.59 Å². The highest BCUT2D eigenvalue weighted by Gasteiger charge is 2.14. The largest absolute Gasteiger partial charge is 0.369 e. The van der Waals surface area contributed by atoms with E-state index in [0.29, 0.717) is 11.5 Å². The van der Waals surface area contributed by atoms with E-state index in [2.05, 4.69) is 21.1 Å². The predicted molar refractivity (Wildman–Crippen MR) is 79.9 cm³/mol. The van der Waals surface area contributed by atoms with Crippen molar-refractivity contribution in [2.24, 2.45) is 5.92 Å². The van der Waals surface area contributed by atoms with Gasteiger partial charge in [-0.3, -0.25) is 10.1 Å². The topological polar surface area (TPSA) is 111 Å². The molecule has 2 rings (SSSR count). The molecule has 0 saturated heterocycles. The summed E-state index contributed by atoms with van der Waals surface area (Å²) in [6.45, 7) is 3.95. The van der Waals surface area contributed by atoms with Gasteiger partial charge in [0.2, 0.25) is 5.91 Å². The number of nitrogens with zero attached hydrogens (tertiary/aromatic N) is 4. The molecule has 3 amide bonds. The van der Waals surface area contributed by atoms with Gasteiger partial charge in [-0.05, 0) is 33.9 Å². The van der Waals surface area contributed by atoms with Crippen molar-refractivity contribution in [1.82, 2.24) is 30.4 Å². The van der Waals surface area contributed by atoms with E-state index in [1.54, 1.807) is 17.5 Å². The number of imide groups is 1. The summed E-state index contributed by atoms with van der Waals surface area (Å²) >= 11 is 1.32. The van der Waals surface area contributed by atoms with Gasteiger partial charge >= 0.3 is 11.7 Å². The molecule has 0 aliphatic rings. The van der Waals surface area contributed by atoms with Crippen LogP contribution < -0.4 is 16.3 Å². The number of thiophene rings is 1. The molecular weight excluding hydrogens is 308 g/mol. The van der Waals surface area contributed by atoms with Crippen molar-refractivity contribution < 1.29 is 9.59 Å². The standard InChI is InChI=1S/C12H16N6O3S/c1-8(2)6-13-11(20)14-9(19)7-17-12(21)18(16-15-17)10-4-3-5-22-10/h3-5,8H,6-7H2,1-2H3,(H2,13,14,19,20). The number of rotatable bonds is 5. The normalized spacial score (nSPS) is 10.7. The average molecular weight is 324 g/mol. The van der Waals surface area contributed by atoms with E-state index in [1.165, 1.54) is 11.3 Å². The lowest BCUT2D eigenvalue weighted by atomic mass is 10.2. The van der Waals surface area contributed by atoms with Crippen LogP contribution >= 0.6 is 11.3 Å². The van der Waals surface area contributed by atoms with Crippen molar-refractivity contribution in [3.05, 3.63) is 28.0 Å². The number of carbonyl (C=O) groups excluding carboxylic acids is 2. The van der Waals surface area contributed by atoms with Crippen LogP contribution in [-0.2, 0) is 11.3 Å². The van der Waals surface area contributed by atoms with Crippen molar-refractivity contribution in [2.45, 2.75) is 20.4 Å². The minimum absolute atomic E-state index is 0.272. The lowest BCUT2D eigenvalue weighted by Crippen LogP contribution is -2.43. The Morgan fingerprint density at radius 1 is 1.36 bits per heavy atom. The molecule has 0 spiro atoms. The molecule has 0 atom stereocenters. The fourth-order valence-electron chi connectivity index (χ4n) is 1.55. The summed E-state index contributed by atoms with van der Waals surface area (Å²) in [4.78, 5) is 35.2. The zero-order chi connectivity index (χ0) is 16.1. The molecule has 0 fully saturated rings. The minimum Gasteiger partial charge on any atom is -0.338 e. The molecule has 0 bridgehead atoms. The van der Waals surface area contributed by atoms with Crippen molar-refractivity contribution in [2.75, 3.05) is 6.54 Å². The molecule has 0 unspecified atom stereocenters. The Bertz CT molecular complexity index is 703. The molecule has 10 heteroatoms. The van der Waals surface area contributed by atoms with Gasteiger partial charge in [-0.2, -0.15) is 9.36 Å². The second kappa shape index (κ2) is 6.98. The molecule has 9 nitrogen and oxygen atoms in total. The van der Waals surface area contributed by atoms with Gasteiger partial charge in [0.05, 0.1) is 0 Å². The Hall–Kier alpha value is -2.49. The van der Waals surface area contributed by atoms with E-state index in [1.807, 2.05) is 13.8 Å². The predicted octanol–water partition coefficient (Wildman–Crippen LogP) is -0.0277. The number of hydrogen-bond donors (Lipinski definition) is 2. The second-order valence-electron chi connectivity index (χ2n) is 4.93. The summed E-state index contributed by atoms with van der Waals surface area (Å²) in [6.07, 6.45) is 0. The van der Waals surface area contributed by atoms with E-state index in [4.69, 9.17) is 0 Å². The number of tetrazole rings is 1. The molecular formula is C12H16N6O3S. The van der Waals surface area contributed by atoms with E-state index in [9.17, 15) is 14.4 Å². The summed E-state index contributed by atoms with van der Waals surface area (Å²) in [5.41, 5.74) is -0.541. The Balaban J connectivity index is 1.95. The van der Waals surface area contributed by atoms with Gasteiger partial charge in [0.1, 0.15) is 11.5 Å². The van der Waals surface area contributed by atoms with Crippen LogP contribution in [0.25, 0.3) is 5.00 Å². The second-order valence-corrected chi connectivity index (χ2v) is 5.86. The van der Waals surface area contributed by atoms with Crippen LogP contribution in [0.3, 0.4) is 0 Å². The summed E-state index contributed by atoms with van der Waals surface area (Å²) in [5.74, 6) is -0.365. The highest BCUT2D eigenvalue weighted by atomic mass is 32.1. The Morgan fingerprint density at radius 2 is 2.14 bits per heavy atom. The number of carbonyl (C=O) groups is 2. The van der Waals surface area contributed by atoms with Crippen molar-refractivity contribution in [3.63, 3.8) is 0 Å². The molecule has 0 saturated carbocycles. The van der Waals surface area contributed by atoms with Gasteiger partial charge in [-0.1, -0.05) is 13.8 Å². The zero-order valence-electron chi connectivity index (χ0n) is 12.1. The quantitative estimate of drug-likeness (QED) is 0.802. The summed E-state index contributed by atoms with van der Waals surface area (Å²) in [5, 5.41) is 14.4. The van der Waals surface area contributed by atoms with Crippen LogP contribution in [0, 0.1) is 5.92 Å². The Kier molecular flexibility index (Phi) is 5.04. The van der Waals surface area contributed by atoms with Gasteiger partial charge in [-0.15, -0.1) is 11.3 Å². The maximum absolute atomic E-state index is 12.0. The highest BCUT2D eigenvalue weighted by molar-refractivity contribution is 7.12. The van der Waals surface area contributed by atoms with Crippen LogP contribution in [0.2, 0.25) is 0 Å². The molecule has 2 aromatic heterocycles. The maximum Gasteiger partial charge on any atom is 0.369 e. The SMILES string of the molecule is CC(C)CNC(=O)NC(=O)Cn1nnn(-c2cccs2)c1=O. The molecule has 0 aromatic carbocycles. The van der Waals surface area contributed by atoms with Crippen molar-refractivity contribution in [3.8, 4) is 5.00 Å². The fraction of sp³-hybridized carbons (Fsp3) is 0.417. The first-order valence-electron chi connectivity index (χ1n) is 6.61. The molecule has 118 valence electrons. The molecule has 2 heterocycles. The fourth-order valence-corrected chi connectivity index (χ4v) is 2.21. The molecule has 0 aliphatic carbocycles. The first-order valence-corrected chi connectivity index (χ1v) is 7.49. The number of aromatic nitrogens is 4. The minimum atomic E-state index is -0.637. The first-order chi connectivity index (χ1) is 10.5. The molecule has 2 aromatic rings. The van der Waals surface area contributed by atoms with Crippen LogP contribution in [0.1, 0.15) is 13.8 Å². The van der Waals surface area contributed by atoms with Crippen LogP contribution in [0.15, 0.2) is 22.3 Å². The van der Waals surface area contributed by atoms with Crippen LogP contribution in [-0.4, -0.2) is 38.3 Å². The molecule has 0 radical (unpaired) electrons. The number of nitrogens with one attached hydrogen (secondary N) is 2. The third-order valence-electron chi connectivity index (χ3n) is 2.57. The lowest BCUT2D eigenvalue weighted by molar-refractivity contribution is -0.120. The molecule has 0 aliphatic heterocycles. The summed E-state index contributed by atoms with van der Waals surface area (Å²) in [6, 6.07) is 2.89. The van der Waals surface area contributed by atoms with Gasteiger partial charge in [0.15, 0.2) is 0 Å². The van der Waals surface area contributed by atoms with Crippen molar-refractivity contribution >= 4 is 23.3 Å². The molecule has 22 heavy (non-hydrogen) atoms. The lowest BCUT2D eigenvalue weighted by Gasteiger charge is -2.07. The van der Waals surface area contributed by atoms with Gasteiger partial charge in [0.25, 0.3) is 0 Å². The summed E-state index contributed by atoms with van der Waals surface area (Å²) in [7, 11) is 0. The molecule has 2 N–H and O–H groups in total. The van der Waals surface area contributed by atoms with E-state index in [-0.39, 0.29) is 12.5 Å². The maximum atomic E-state index is 12.0. The smallest absolute Gasteiger partial charge is 0.338 e. The van der Waals surface area contributed by atoms with Crippen LogP contribution in [0.5, 0.6) is 0 Å². The van der Waals surface area contributed by atoms with Gasteiger partial charge < -0.3 is 5.32 Å². The first kappa shape index (κ1) is 15.9. The highest BCUT2D eigenvalue weighted by Crippen LogP contribution is 2.10. The van der Waals surface area contributed by atoms with E-state index >= 15 is 0 Å². The number of hydrogen-bond acceptors (Lipinski definition) is 6. The zero-order valence-corrected chi connectivity index (χ0v) is 13.0. The van der Waals surface area contributed by atoms with E-state index in [0.717, 1.165) is 9.36 Å². The third-order valence-corrected chi connectivity index (χ3v) is 3.42. The Labute approximate surface area is 129 Å². The number of urea groups is 1. The monoisotopic (exact) mass is 324 g/mol. The average Bonchev–Trinajstić information content (AvgIpc) is 3.07. The van der Waals surface area contributed by atoms with Crippen LogP contribution in [0.4, 0.5) is 4.79 Å². The summed E-state index contributed by atoms with van der Waals surface area (Å²) < 4.78 is 1.99. The van der Waals surface area contributed by atoms with Gasteiger partial charge in [0, 0.05) is 6.54 Å².